The van der Waals surface area contributed by atoms with E-state index in [0.29, 0.717) is 10.8 Å². The minimum Gasteiger partial charge on any atom is -0.495 e. The van der Waals surface area contributed by atoms with Crippen LogP contribution in [0.25, 0.3) is 0 Å². The van der Waals surface area contributed by atoms with Gasteiger partial charge in [-0.3, -0.25) is 0 Å². The van der Waals surface area contributed by atoms with Gasteiger partial charge in [0.15, 0.2) is 5.69 Å². The number of aromatic carboxylic acids is 1. The Morgan fingerprint density at radius 1 is 1.42 bits per heavy atom. The van der Waals surface area contributed by atoms with E-state index in [4.69, 9.17) is 21.4 Å². The SMILES string of the molecule is COc1ccc(Cl)cc1N1CCC(Nc2cnc(C(=O)O)cn2)C1. The molecule has 0 amide bonds. The van der Waals surface area contributed by atoms with E-state index in [1.54, 1.807) is 13.2 Å². The minimum atomic E-state index is -1.09. The number of ether oxygens (including phenoxy) is 1. The molecule has 24 heavy (non-hydrogen) atoms. The van der Waals surface area contributed by atoms with Crippen LogP contribution in [-0.4, -0.2) is 47.3 Å². The molecule has 0 aliphatic carbocycles. The van der Waals surface area contributed by atoms with Crippen LogP contribution in [0.3, 0.4) is 0 Å². The summed E-state index contributed by atoms with van der Waals surface area (Å²) in [6.07, 6.45) is 3.60. The lowest BCUT2D eigenvalue weighted by atomic mass is 10.2. The average molecular weight is 349 g/mol. The molecule has 3 rings (SSSR count). The lowest BCUT2D eigenvalue weighted by Crippen LogP contribution is -2.26. The fourth-order valence-corrected chi connectivity index (χ4v) is 2.90. The first-order valence-electron chi connectivity index (χ1n) is 7.47. The zero-order chi connectivity index (χ0) is 17.1. The van der Waals surface area contributed by atoms with Crippen LogP contribution in [0.5, 0.6) is 5.75 Å². The van der Waals surface area contributed by atoms with Crippen molar-refractivity contribution in [1.82, 2.24) is 9.97 Å². The number of benzene rings is 1. The summed E-state index contributed by atoms with van der Waals surface area (Å²) in [5.74, 6) is 0.254. The molecule has 1 aromatic heterocycles. The van der Waals surface area contributed by atoms with Crippen LogP contribution < -0.4 is 15.0 Å². The number of methoxy groups -OCH3 is 1. The number of halogens is 1. The van der Waals surface area contributed by atoms with E-state index >= 15 is 0 Å². The Labute approximate surface area is 144 Å². The third-order valence-corrected chi connectivity index (χ3v) is 4.13. The number of carboxylic acids is 1. The molecule has 7 nitrogen and oxygen atoms in total. The summed E-state index contributed by atoms with van der Waals surface area (Å²) in [7, 11) is 1.64. The van der Waals surface area contributed by atoms with Gasteiger partial charge in [-0.25, -0.2) is 14.8 Å². The number of nitrogens with one attached hydrogen (secondary N) is 1. The van der Waals surface area contributed by atoms with Crippen LogP contribution in [0.2, 0.25) is 5.02 Å². The van der Waals surface area contributed by atoms with E-state index in [1.807, 2.05) is 12.1 Å². The van der Waals surface area contributed by atoms with Gasteiger partial charge in [0.25, 0.3) is 0 Å². The molecule has 2 N–H and O–H groups in total. The second-order valence-electron chi connectivity index (χ2n) is 5.48. The monoisotopic (exact) mass is 348 g/mol. The highest BCUT2D eigenvalue weighted by molar-refractivity contribution is 6.30. The van der Waals surface area contributed by atoms with Crippen LogP contribution >= 0.6 is 11.6 Å². The number of anilines is 2. The normalized spacial score (nSPS) is 16.9. The summed E-state index contributed by atoms with van der Waals surface area (Å²) < 4.78 is 5.40. The number of nitrogens with zero attached hydrogens (tertiary/aromatic N) is 3. The second kappa shape index (κ2) is 6.92. The van der Waals surface area contributed by atoms with Crippen molar-refractivity contribution in [3.8, 4) is 5.75 Å². The van der Waals surface area contributed by atoms with Crippen molar-refractivity contribution in [1.29, 1.82) is 0 Å². The predicted octanol–water partition coefficient (Wildman–Crippen LogP) is 2.53. The number of carboxylic acid groups (broad SMARTS) is 1. The molecule has 1 aliphatic heterocycles. The summed E-state index contributed by atoms with van der Waals surface area (Å²) in [5, 5.41) is 12.8. The zero-order valence-corrected chi connectivity index (χ0v) is 13.8. The Balaban J connectivity index is 1.67. The third-order valence-electron chi connectivity index (χ3n) is 3.89. The van der Waals surface area contributed by atoms with Gasteiger partial charge >= 0.3 is 5.97 Å². The van der Waals surface area contributed by atoms with Crippen molar-refractivity contribution in [2.24, 2.45) is 0 Å². The predicted molar refractivity (Wildman–Crippen MR) is 91.2 cm³/mol. The summed E-state index contributed by atoms with van der Waals surface area (Å²) in [5.41, 5.74) is 0.888. The Kier molecular flexibility index (Phi) is 4.71. The summed E-state index contributed by atoms with van der Waals surface area (Å²) in [4.78, 5) is 20.9. The van der Waals surface area contributed by atoms with Gasteiger partial charge in [-0.05, 0) is 24.6 Å². The van der Waals surface area contributed by atoms with E-state index in [2.05, 4.69) is 20.2 Å². The largest absolute Gasteiger partial charge is 0.495 e. The summed E-state index contributed by atoms with van der Waals surface area (Å²) >= 11 is 6.09. The van der Waals surface area contributed by atoms with Gasteiger partial charge in [0.2, 0.25) is 0 Å². The van der Waals surface area contributed by atoms with E-state index < -0.39 is 5.97 Å². The number of carbonyl (C=O) groups is 1. The minimum absolute atomic E-state index is 0.0720. The maximum Gasteiger partial charge on any atom is 0.356 e. The highest BCUT2D eigenvalue weighted by Gasteiger charge is 2.25. The average Bonchev–Trinajstić information content (AvgIpc) is 3.03. The topological polar surface area (TPSA) is 87.6 Å². The molecule has 0 radical (unpaired) electrons. The van der Waals surface area contributed by atoms with Gasteiger partial charge in [-0.2, -0.15) is 0 Å². The molecule has 0 saturated carbocycles. The molecule has 1 fully saturated rings. The van der Waals surface area contributed by atoms with E-state index in [0.717, 1.165) is 30.9 Å². The Morgan fingerprint density at radius 3 is 2.92 bits per heavy atom. The fourth-order valence-electron chi connectivity index (χ4n) is 2.73. The smallest absolute Gasteiger partial charge is 0.356 e. The number of hydrogen-bond acceptors (Lipinski definition) is 6. The van der Waals surface area contributed by atoms with Gasteiger partial charge in [0.1, 0.15) is 11.6 Å². The molecule has 2 aromatic rings. The Bertz CT molecular complexity index is 739. The lowest BCUT2D eigenvalue weighted by molar-refractivity contribution is 0.0690. The van der Waals surface area contributed by atoms with Crippen LogP contribution in [0.4, 0.5) is 11.5 Å². The van der Waals surface area contributed by atoms with E-state index in [-0.39, 0.29) is 11.7 Å². The number of rotatable bonds is 5. The van der Waals surface area contributed by atoms with E-state index in [1.165, 1.54) is 12.4 Å². The Morgan fingerprint density at radius 2 is 2.25 bits per heavy atom. The van der Waals surface area contributed by atoms with Crippen LogP contribution in [0, 0.1) is 0 Å². The van der Waals surface area contributed by atoms with Gasteiger partial charge < -0.3 is 20.1 Å². The van der Waals surface area contributed by atoms with Gasteiger partial charge in [0.05, 0.1) is 25.2 Å². The molecule has 0 spiro atoms. The highest BCUT2D eigenvalue weighted by atomic mass is 35.5. The highest BCUT2D eigenvalue weighted by Crippen LogP contribution is 2.33. The van der Waals surface area contributed by atoms with Crippen LogP contribution in [0.1, 0.15) is 16.9 Å². The van der Waals surface area contributed by atoms with Gasteiger partial charge in [-0.15, -0.1) is 0 Å². The summed E-state index contributed by atoms with van der Waals surface area (Å²) in [6.45, 7) is 1.62. The van der Waals surface area contributed by atoms with Gasteiger partial charge in [-0.1, -0.05) is 11.6 Å². The zero-order valence-electron chi connectivity index (χ0n) is 13.1. The first-order valence-corrected chi connectivity index (χ1v) is 7.85. The second-order valence-corrected chi connectivity index (χ2v) is 5.92. The first-order chi connectivity index (χ1) is 11.6. The van der Waals surface area contributed by atoms with E-state index in [9.17, 15) is 4.79 Å². The first kappa shape index (κ1) is 16.3. The fraction of sp³-hybridized carbons (Fsp3) is 0.312. The van der Waals surface area contributed by atoms with Crippen molar-refractivity contribution < 1.29 is 14.6 Å². The molecular formula is C16H17ClN4O3. The molecule has 1 aromatic carbocycles. The lowest BCUT2D eigenvalue weighted by Gasteiger charge is -2.22. The van der Waals surface area contributed by atoms with Crippen molar-refractivity contribution >= 4 is 29.1 Å². The van der Waals surface area contributed by atoms with Crippen LogP contribution in [-0.2, 0) is 0 Å². The molecule has 1 aliphatic rings. The molecule has 0 bridgehead atoms. The molecule has 126 valence electrons. The molecule has 1 saturated heterocycles. The molecule has 1 unspecified atom stereocenters. The number of hydrogen-bond donors (Lipinski definition) is 2. The summed E-state index contributed by atoms with van der Waals surface area (Å²) in [6, 6.07) is 5.73. The standard InChI is InChI=1S/C16H17ClN4O3/c1-24-14-3-2-10(17)6-13(14)21-5-4-11(9-21)20-15-8-18-12(7-19-15)16(22)23/h2-3,6-8,11H,4-5,9H2,1H3,(H,19,20)(H,22,23). The van der Waals surface area contributed by atoms with Gasteiger partial charge in [0, 0.05) is 24.2 Å². The molecule has 2 heterocycles. The maximum absolute atomic E-state index is 10.8. The van der Waals surface area contributed by atoms with Crippen LogP contribution in [0.15, 0.2) is 30.6 Å². The molecule has 1 atom stereocenters. The quantitative estimate of drug-likeness (QED) is 0.858. The van der Waals surface area contributed by atoms with Crippen molar-refractivity contribution in [2.45, 2.75) is 12.5 Å². The third kappa shape index (κ3) is 3.51. The van der Waals surface area contributed by atoms with Crippen molar-refractivity contribution in [3.63, 3.8) is 0 Å². The van der Waals surface area contributed by atoms with Crippen molar-refractivity contribution in [3.05, 3.63) is 41.3 Å². The molecule has 8 heteroatoms. The number of aromatic nitrogens is 2. The maximum atomic E-state index is 10.8. The molecular weight excluding hydrogens is 332 g/mol. The Hall–Kier alpha value is -2.54. The van der Waals surface area contributed by atoms with Crippen molar-refractivity contribution in [2.75, 3.05) is 30.4 Å².